The molecule has 3 aromatic rings. The molecule has 4 heterocycles. The molecule has 1 aromatic carbocycles. The van der Waals surface area contributed by atoms with E-state index in [-0.39, 0.29) is 11.1 Å². The molecule has 0 saturated carbocycles. The van der Waals surface area contributed by atoms with Gasteiger partial charge in [-0.15, -0.1) is 6.58 Å². The Balaban J connectivity index is 1.37. The van der Waals surface area contributed by atoms with Crippen LogP contribution < -0.4 is 21.1 Å². The SMILES string of the molecule is C=CCCCCn1c(=O)c(N2CCN(C(C)C)CC2)cc2c(NCCc3cccc(C(F)(F)C4CCNCC4)c3)ncnc21. The van der Waals surface area contributed by atoms with E-state index in [4.69, 9.17) is 0 Å². The fourth-order valence-electron chi connectivity index (χ4n) is 6.46. The highest BCUT2D eigenvalue weighted by molar-refractivity contribution is 5.89. The maximum Gasteiger partial charge on any atom is 0.276 e. The highest BCUT2D eigenvalue weighted by atomic mass is 19.3. The van der Waals surface area contributed by atoms with Gasteiger partial charge in [0.15, 0.2) is 0 Å². The van der Waals surface area contributed by atoms with Crippen LogP contribution in [0.25, 0.3) is 11.0 Å². The van der Waals surface area contributed by atoms with Crippen molar-refractivity contribution in [3.05, 3.63) is 70.8 Å². The van der Waals surface area contributed by atoms with Gasteiger partial charge in [0, 0.05) is 56.8 Å². The van der Waals surface area contributed by atoms with Gasteiger partial charge in [0.25, 0.3) is 11.5 Å². The Labute approximate surface area is 259 Å². The van der Waals surface area contributed by atoms with Crippen molar-refractivity contribution >= 4 is 22.5 Å². The molecule has 2 fully saturated rings. The summed E-state index contributed by atoms with van der Waals surface area (Å²) in [5.41, 5.74) is 2.21. The summed E-state index contributed by atoms with van der Waals surface area (Å²) in [5, 5.41) is 7.40. The average molecular weight is 608 g/mol. The Morgan fingerprint density at radius 2 is 1.89 bits per heavy atom. The van der Waals surface area contributed by atoms with Crippen LogP contribution in [-0.2, 0) is 18.9 Å². The summed E-state index contributed by atoms with van der Waals surface area (Å²) in [5.74, 6) is -2.84. The second-order valence-electron chi connectivity index (χ2n) is 12.4. The number of benzene rings is 1. The van der Waals surface area contributed by atoms with E-state index < -0.39 is 11.8 Å². The molecule has 2 aliphatic rings. The number of alkyl halides is 2. The first-order valence-electron chi connectivity index (χ1n) is 16.2. The van der Waals surface area contributed by atoms with E-state index >= 15 is 8.78 Å². The monoisotopic (exact) mass is 607 g/mol. The first kappa shape index (κ1) is 32.0. The van der Waals surface area contributed by atoms with Gasteiger partial charge in [0.1, 0.15) is 23.5 Å². The first-order valence-corrected chi connectivity index (χ1v) is 16.2. The number of aromatic nitrogens is 3. The molecule has 2 N–H and O–H groups in total. The van der Waals surface area contributed by atoms with E-state index in [2.05, 4.69) is 50.8 Å². The fraction of sp³-hybridized carbons (Fsp3) is 0.559. The minimum absolute atomic E-state index is 0.0229. The number of anilines is 2. The van der Waals surface area contributed by atoms with Crippen molar-refractivity contribution in [3.8, 4) is 0 Å². The number of nitrogens with one attached hydrogen (secondary N) is 2. The maximum absolute atomic E-state index is 15.3. The Kier molecular flexibility index (Phi) is 10.6. The number of piperazine rings is 1. The molecule has 0 spiro atoms. The summed E-state index contributed by atoms with van der Waals surface area (Å²) in [6.07, 6.45) is 7.61. The third kappa shape index (κ3) is 7.29. The lowest BCUT2D eigenvalue weighted by atomic mass is 9.86. The van der Waals surface area contributed by atoms with E-state index in [1.165, 1.54) is 6.33 Å². The van der Waals surface area contributed by atoms with Crippen molar-refractivity contribution in [3.63, 3.8) is 0 Å². The van der Waals surface area contributed by atoms with Crippen LogP contribution in [0, 0.1) is 5.92 Å². The van der Waals surface area contributed by atoms with Crippen molar-refractivity contribution in [2.75, 3.05) is 56.0 Å². The first-order chi connectivity index (χ1) is 21.3. The molecule has 0 radical (unpaired) electrons. The smallest absolute Gasteiger partial charge is 0.276 e. The Morgan fingerprint density at radius 3 is 2.61 bits per heavy atom. The van der Waals surface area contributed by atoms with Gasteiger partial charge < -0.3 is 15.5 Å². The van der Waals surface area contributed by atoms with Gasteiger partial charge in [-0.1, -0.05) is 24.3 Å². The number of hydrogen-bond donors (Lipinski definition) is 2. The van der Waals surface area contributed by atoms with Crippen molar-refractivity contribution in [2.45, 2.75) is 70.9 Å². The summed E-state index contributed by atoms with van der Waals surface area (Å²) in [4.78, 5) is 27.6. The van der Waals surface area contributed by atoms with Gasteiger partial charge in [-0.3, -0.25) is 14.3 Å². The lowest BCUT2D eigenvalue weighted by Crippen LogP contribution is -2.50. The number of unbranched alkanes of at least 4 members (excludes halogenated alkanes) is 2. The van der Waals surface area contributed by atoms with E-state index in [1.807, 2.05) is 18.2 Å². The van der Waals surface area contributed by atoms with Gasteiger partial charge in [0.05, 0.1) is 5.39 Å². The van der Waals surface area contributed by atoms with Crippen LogP contribution in [0.15, 0.2) is 54.1 Å². The molecule has 0 aliphatic carbocycles. The summed E-state index contributed by atoms with van der Waals surface area (Å²) in [7, 11) is 0. The molecule has 0 amide bonds. The number of nitrogens with zero attached hydrogens (tertiary/aromatic N) is 5. The molecule has 5 rings (SSSR count). The normalized spacial score (nSPS) is 17.0. The lowest BCUT2D eigenvalue weighted by molar-refractivity contribution is -0.0754. The standard InChI is InChI=1S/C34H47F2N7O/c1-4-5-6-7-17-43-32-29(23-30(33(43)44)42-20-18-41(19-21-42)25(2)3)31(39-24-40-32)38-16-11-26-9-8-10-28(22-26)34(35,36)27-12-14-37-15-13-27/h4,8-10,22-25,27,37H,1,5-7,11-21H2,2-3H3,(H,38,39,40). The van der Waals surface area contributed by atoms with E-state index in [0.29, 0.717) is 68.6 Å². The predicted octanol–water partition coefficient (Wildman–Crippen LogP) is 5.42. The van der Waals surface area contributed by atoms with Crippen LogP contribution in [0.1, 0.15) is 57.1 Å². The number of piperidine rings is 1. The molecule has 44 heavy (non-hydrogen) atoms. The number of halogens is 2. The van der Waals surface area contributed by atoms with Gasteiger partial charge >= 0.3 is 0 Å². The molecule has 2 saturated heterocycles. The summed E-state index contributed by atoms with van der Waals surface area (Å²) in [6, 6.07) is 9.24. The summed E-state index contributed by atoms with van der Waals surface area (Å²) >= 11 is 0. The molecule has 0 atom stereocenters. The van der Waals surface area contributed by atoms with Crippen molar-refractivity contribution in [1.82, 2.24) is 24.8 Å². The molecule has 0 bridgehead atoms. The number of rotatable bonds is 13. The number of pyridine rings is 1. The minimum Gasteiger partial charge on any atom is -0.369 e. The maximum atomic E-state index is 15.3. The minimum atomic E-state index is -2.85. The van der Waals surface area contributed by atoms with E-state index in [1.54, 1.807) is 22.8 Å². The van der Waals surface area contributed by atoms with Crippen LogP contribution >= 0.6 is 0 Å². The number of aryl methyl sites for hydroxylation is 1. The molecular formula is C34H47F2N7O. The number of hydrogen-bond acceptors (Lipinski definition) is 7. The Bertz CT molecular complexity index is 1460. The molecule has 0 unspecified atom stereocenters. The van der Waals surface area contributed by atoms with Crippen LogP contribution in [0.5, 0.6) is 0 Å². The van der Waals surface area contributed by atoms with Crippen LogP contribution in [0.3, 0.4) is 0 Å². The molecule has 2 aliphatic heterocycles. The number of allylic oxidation sites excluding steroid dienone is 1. The zero-order valence-electron chi connectivity index (χ0n) is 26.2. The second kappa shape index (κ2) is 14.6. The quantitative estimate of drug-likeness (QED) is 0.198. The van der Waals surface area contributed by atoms with Gasteiger partial charge in [-0.2, -0.15) is 0 Å². The zero-order chi connectivity index (χ0) is 31.1. The van der Waals surface area contributed by atoms with Crippen molar-refractivity contribution < 1.29 is 8.78 Å². The predicted molar refractivity (Wildman–Crippen MR) is 175 cm³/mol. The Hall–Kier alpha value is -3.37. The molecule has 2 aromatic heterocycles. The zero-order valence-corrected chi connectivity index (χ0v) is 26.2. The van der Waals surface area contributed by atoms with Crippen molar-refractivity contribution in [1.29, 1.82) is 0 Å². The fourth-order valence-corrected chi connectivity index (χ4v) is 6.46. The summed E-state index contributed by atoms with van der Waals surface area (Å²) in [6.45, 7) is 13.9. The highest BCUT2D eigenvalue weighted by Crippen LogP contribution is 2.40. The highest BCUT2D eigenvalue weighted by Gasteiger charge is 2.41. The van der Waals surface area contributed by atoms with E-state index in [9.17, 15) is 4.79 Å². The van der Waals surface area contributed by atoms with E-state index in [0.717, 1.165) is 56.4 Å². The molecule has 238 valence electrons. The molecular weight excluding hydrogens is 560 g/mol. The number of fused-ring (bicyclic) bond motifs is 1. The lowest BCUT2D eigenvalue weighted by Gasteiger charge is -2.38. The molecule has 10 heteroatoms. The van der Waals surface area contributed by atoms with Crippen molar-refractivity contribution in [2.24, 2.45) is 5.92 Å². The van der Waals surface area contributed by atoms with Crippen LogP contribution in [0.2, 0.25) is 0 Å². The third-order valence-electron chi connectivity index (χ3n) is 9.16. The third-order valence-corrected chi connectivity index (χ3v) is 9.16. The topological polar surface area (TPSA) is 78.3 Å². The average Bonchev–Trinajstić information content (AvgIpc) is 3.04. The van der Waals surface area contributed by atoms with Gasteiger partial charge in [-0.05, 0) is 83.2 Å². The molecule has 8 nitrogen and oxygen atoms in total. The summed E-state index contributed by atoms with van der Waals surface area (Å²) < 4.78 is 32.5. The largest absolute Gasteiger partial charge is 0.369 e. The van der Waals surface area contributed by atoms with Gasteiger partial charge in [-0.25, -0.2) is 18.7 Å². The second-order valence-corrected chi connectivity index (χ2v) is 12.4. The van der Waals surface area contributed by atoms with Gasteiger partial charge in [0.2, 0.25) is 0 Å². The Morgan fingerprint density at radius 1 is 1.11 bits per heavy atom. The van der Waals surface area contributed by atoms with Crippen LogP contribution in [0.4, 0.5) is 20.3 Å². The van der Waals surface area contributed by atoms with Crippen LogP contribution in [-0.4, -0.2) is 71.3 Å².